The lowest BCUT2D eigenvalue weighted by Crippen LogP contribution is -2.34. The number of carbonyl (C=O) groups is 1. The lowest BCUT2D eigenvalue weighted by molar-refractivity contribution is -0.119. The van der Waals surface area contributed by atoms with Gasteiger partial charge in [-0.2, -0.15) is 0 Å². The fourth-order valence-electron chi connectivity index (χ4n) is 1.24. The number of amides is 1. The summed E-state index contributed by atoms with van der Waals surface area (Å²) in [5.41, 5.74) is 7.26. The van der Waals surface area contributed by atoms with Crippen molar-refractivity contribution in [2.24, 2.45) is 0 Å². The van der Waals surface area contributed by atoms with Crippen molar-refractivity contribution in [3.05, 3.63) is 21.8 Å². The number of rotatable bonds is 4. The zero-order valence-electron chi connectivity index (χ0n) is 9.38. The molecule has 0 radical (unpaired) electrons. The van der Waals surface area contributed by atoms with Crippen LogP contribution < -0.4 is 16.4 Å². The van der Waals surface area contributed by atoms with Crippen LogP contribution >= 0.6 is 22.6 Å². The predicted molar refractivity (Wildman–Crippen MR) is 75.3 cm³/mol. The van der Waals surface area contributed by atoms with Gasteiger partial charge < -0.3 is 16.4 Å². The van der Waals surface area contributed by atoms with Gasteiger partial charge in [-0.05, 0) is 54.6 Å². The summed E-state index contributed by atoms with van der Waals surface area (Å²) < 4.78 is 1.08. The minimum absolute atomic E-state index is 0.0343. The van der Waals surface area contributed by atoms with Gasteiger partial charge >= 0.3 is 0 Å². The van der Waals surface area contributed by atoms with E-state index in [1.807, 2.05) is 32.0 Å². The summed E-state index contributed by atoms with van der Waals surface area (Å²) in [6.07, 6.45) is 0. The van der Waals surface area contributed by atoms with Crippen molar-refractivity contribution in [2.45, 2.75) is 19.9 Å². The third-order valence-corrected chi connectivity index (χ3v) is 2.57. The van der Waals surface area contributed by atoms with Crippen molar-refractivity contribution in [3.8, 4) is 0 Å². The van der Waals surface area contributed by atoms with Gasteiger partial charge in [0.05, 0.1) is 17.9 Å². The fourth-order valence-corrected chi connectivity index (χ4v) is 1.76. The topological polar surface area (TPSA) is 67.2 Å². The number of nitrogen functional groups attached to an aromatic ring is 1. The summed E-state index contributed by atoms with van der Waals surface area (Å²) in [6.45, 7) is 4.09. The molecule has 16 heavy (non-hydrogen) atoms. The van der Waals surface area contributed by atoms with Crippen molar-refractivity contribution < 1.29 is 4.79 Å². The molecule has 0 atom stereocenters. The first kappa shape index (κ1) is 13.1. The van der Waals surface area contributed by atoms with Gasteiger partial charge in [-0.25, -0.2) is 0 Å². The van der Waals surface area contributed by atoms with Gasteiger partial charge in [0.2, 0.25) is 5.91 Å². The van der Waals surface area contributed by atoms with Crippen molar-refractivity contribution >= 4 is 39.9 Å². The molecule has 0 aromatic heterocycles. The Kier molecular flexibility index (Phi) is 4.85. The molecule has 0 bridgehead atoms. The molecular weight excluding hydrogens is 317 g/mol. The van der Waals surface area contributed by atoms with Gasteiger partial charge in [-0.1, -0.05) is 0 Å². The second-order valence-electron chi connectivity index (χ2n) is 3.81. The maximum atomic E-state index is 11.4. The predicted octanol–water partition coefficient (Wildman–Crippen LogP) is 1.81. The van der Waals surface area contributed by atoms with E-state index in [2.05, 4.69) is 33.2 Å². The van der Waals surface area contributed by atoms with Crippen molar-refractivity contribution in [2.75, 3.05) is 17.6 Å². The number of hydrogen-bond acceptors (Lipinski definition) is 3. The monoisotopic (exact) mass is 333 g/mol. The molecule has 1 rings (SSSR count). The van der Waals surface area contributed by atoms with E-state index in [-0.39, 0.29) is 18.5 Å². The van der Waals surface area contributed by atoms with Crippen LogP contribution in [-0.2, 0) is 4.79 Å². The molecule has 5 heteroatoms. The molecule has 0 aliphatic heterocycles. The van der Waals surface area contributed by atoms with E-state index >= 15 is 0 Å². The molecule has 88 valence electrons. The molecule has 0 saturated carbocycles. The summed E-state index contributed by atoms with van der Waals surface area (Å²) >= 11 is 2.19. The Morgan fingerprint density at radius 3 is 2.75 bits per heavy atom. The van der Waals surface area contributed by atoms with Crippen LogP contribution in [0.5, 0.6) is 0 Å². The van der Waals surface area contributed by atoms with Crippen LogP contribution in [0.15, 0.2) is 18.2 Å². The molecule has 0 saturated heterocycles. The standard InChI is InChI=1S/C11H16IN3O/c1-7(2)15-11(16)6-14-10-4-3-8(12)5-9(10)13/h3-5,7,14H,6,13H2,1-2H3,(H,15,16). The Hall–Kier alpha value is -0.980. The first-order chi connectivity index (χ1) is 7.49. The highest BCUT2D eigenvalue weighted by Gasteiger charge is 2.04. The molecule has 1 amide bonds. The smallest absolute Gasteiger partial charge is 0.239 e. The molecule has 1 aromatic rings. The molecule has 0 aliphatic carbocycles. The normalized spacial score (nSPS) is 10.2. The van der Waals surface area contributed by atoms with Gasteiger partial charge in [-0.3, -0.25) is 4.79 Å². The van der Waals surface area contributed by atoms with Crippen LogP contribution in [0, 0.1) is 3.57 Å². The average molecular weight is 333 g/mol. The van der Waals surface area contributed by atoms with Crippen LogP contribution in [0.1, 0.15) is 13.8 Å². The number of anilines is 2. The molecule has 0 unspecified atom stereocenters. The Balaban J connectivity index is 2.51. The molecule has 4 N–H and O–H groups in total. The third-order valence-electron chi connectivity index (χ3n) is 1.90. The van der Waals surface area contributed by atoms with E-state index in [0.29, 0.717) is 5.69 Å². The first-order valence-electron chi connectivity index (χ1n) is 5.07. The minimum atomic E-state index is -0.0343. The van der Waals surface area contributed by atoms with Gasteiger partial charge in [0.15, 0.2) is 0 Å². The second-order valence-corrected chi connectivity index (χ2v) is 5.05. The van der Waals surface area contributed by atoms with Crippen LogP contribution in [0.25, 0.3) is 0 Å². The highest BCUT2D eigenvalue weighted by Crippen LogP contribution is 2.20. The molecule has 0 spiro atoms. The van der Waals surface area contributed by atoms with Crippen molar-refractivity contribution in [1.29, 1.82) is 0 Å². The van der Waals surface area contributed by atoms with Crippen molar-refractivity contribution in [3.63, 3.8) is 0 Å². The lowest BCUT2D eigenvalue weighted by Gasteiger charge is -2.11. The Labute approximate surface area is 109 Å². The SMILES string of the molecule is CC(C)NC(=O)CNc1ccc(I)cc1N. The maximum Gasteiger partial charge on any atom is 0.239 e. The Morgan fingerprint density at radius 2 is 2.19 bits per heavy atom. The Bertz CT molecular complexity index is 379. The van der Waals surface area contributed by atoms with E-state index in [9.17, 15) is 4.79 Å². The number of nitrogens with one attached hydrogen (secondary N) is 2. The number of carbonyl (C=O) groups excluding carboxylic acids is 1. The summed E-state index contributed by atoms with van der Waals surface area (Å²) in [5.74, 6) is -0.0343. The fraction of sp³-hybridized carbons (Fsp3) is 0.364. The lowest BCUT2D eigenvalue weighted by atomic mass is 10.2. The van der Waals surface area contributed by atoms with Gasteiger partial charge in [-0.15, -0.1) is 0 Å². The number of halogens is 1. The van der Waals surface area contributed by atoms with Gasteiger partial charge in [0.25, 0.3) is 0 Å². The molecular formula is C11H16IN3O. The average Bonchev–Trinajstić information content (AvgIpc) is 2.15. The zero-order chi connectivity index (χ0) is 12.1. The number of nitrogens with two attached hydrogens (primary N) is 1. The Morgan fingerprint density at radius 1 is 1.50 bits per heavy atom. The number of hydrogen-bond donors (Lipinski definition) is 3. The molecule has 0 heterocycles. The maximum absolute atomic E-state index is 11.4. The number of benzene rings is 1. The molecule has 0 aliphatic rings. The van der Waals surface area contributed by atoms with Gasteiger partial charge in [0.1, 0.15) is 0 Å². The summed E-state index contributed by atoms with van der Waals surface area (Å²) in [4.78, 5) is 11.4. The van der Waals surface area contributed by atoms with Crippen LogP contribution in [0.4, 0.5) is 11.4 Å². The first-order valence-corrected chi connectivity index (χ1v) is 6.15. The minimum Gasteiger partial charge on any atom is -0.397 e. The summed E-state index contributed by atoms with van der Waals surface area (Å²) in [7, 11) is 0. The largest absolute Gasteiger partial charge is 0.397 e. The van der Waals surface area contributed by atoms with Crippen molar-refractivity contribution in [1.82, 2.24) is 5.32 Å². The van der Waals surface area contributed by atoms with E-state index < -0.39 is 0 Å². The van der Waals surface area contributed by atoms with Crippen LogP contribution in [-0.4, -0.2) is 18.5 Å². The van der Waals surface area contributed by atoms with Crippen LogP contribution in [0.3, 0.4) is 0 Å². The molecule has 1 aromatic carbocycles. The zero-order valence-corrected chi connectivity index (χ0v) is 11.5. The van der Waals surface area contributed by atoms with E-state index in [4.69, 9.17) is 5.73 Å². The summed E-state index contributed by atoms with van der Waals surface area (Å²) in [5, 5.41) is 5.81. The second kappa shape index (κ2) is 5.93. The quantitative estimate of drug-likeness (QED) is 0.582. The third kappa shape index (κ3) is 4.26. The summed E-state index contributed by atoms with van der Waals surface area (Å²) in [6, 6.07) is 5.84. The van der Waals surface area contributed by atoms with E-state index in [0.717, 1.165) is 9.26 Å². The van der Waals surface area contributed by atoms with E-state index in [1.54, 1.807) is 0 Å². The molecule has 4 nitrogen and oxygen atoms in total. The van der Waals surface area contributed by atoms with Gasteiger partial charge in [0, 0.05) is 9.61 Å². The van der Waals surface area contributed by atoms with Crippen LogP contribution in [0.2, 0.25) is 0 Å². The highest BCUT2D eigenvalue weighted by atomic mass is 127. The van der Waals surface area contributed by atoms with E-state index in [1.165, 1.54) is 0 Å². The molecule has 0 fully saturated rings. The highest BCUT2D eigenvalue weighted by molar-refractivity contribution is 14.1.